The highest BCUT2D eigenvalue weighted by Crippen LogP contribution is 2.28. The molecule has 0 bridgehead atoms. The van der Waals surface area contributed by atoms with Crippen LogP contribution in [0.2, 0.25) is 0 Å². The van der Waals surface area contributed by atoms with Crippen LogP contribution in [0.4, 0.5) is 5.69 Å². The van der Waals surface area contributed by atoms with Gasteiger partial charge in [0.2, 0.25) is 5.91 Å². The first-order valence-corrected chi connectivity index (χ1v) is 12.4. The molecule has 0 saturated heterocycles. The highest BCUT2D eigenvalue weighted by molar-refractivity contribution is 5.83. The zero-order valence-corrected chi connectivity index (χ0v) is 20.9. The zero-order valence-electron chi connectivity index (χ0n) is 20.9. The molecule has 0 spiro atoms. The molecule has 1 saturated carbocycles. The molecule has 1 aliphatic carbocycles. The van der Waals surface area contributed by atoms with Crippen LogP contribution in [-0.4, -0.2) is 59.3 Å². The van der Waals surface area contributed by atoms with Crippen LogP contribution in [0, 0.1) is 5.92 Å². The van der Waals surface area contributed by atoms with E-state index in [9.17, 15) is 19.8 Å². The third-order valence-corrected chi connectivity index (χ3v) is 6.80. The number of anilines is 1. The number of carbonyl (C=O) groups is 2. The number of hydrogen-bond acceptors (Lipinski definition) is 5. The molecule has 3 atom stereocenters. The normalized spacial score (nSPS) is 20.2. The van der Waals surface area contributed by atoms with Crippen molar-refractivity contribution in [3.63, 3.8) is 0 Å². The summed E-state index contributed by atoms with van der Waals surface area (Å²) in [6.07, 6.45) is 2.25. The maximum absolute atomic E-state index is 13.4. The van der Waals surface area contributed by atoms with E-state index in [1.165, 1.54) is 10.5 Å². The van der Waals surface area contributed by atoms with Crippen LogP contribution in [-0.2, 0) is 16.0 Å². The molecule has 1 amide bonds. The summed E-state index contributed by atoms with van der Waals surface area (Å²) in [6, 6.07) is 15.6. The van der Waals surface area contributed by atoms with E-state index in [4.69, 9.17) is 4.74 Å². The summed E-state index contributed by atoms with van der Waals surface area (Å²) in [5.74, 6) is -0.334. The van der Waals surface area contributed by atoms with Crippen molar-refractivity contribution >= 4 is 17.6 Å². The highest BCUT2D eigenvalue weighted by Gasteiger charge is 2.32. The Morgan fingerprint density at radius 3 is 2.54 bits per heavy atom. The number of carboxylic acid groups (broad SMARTS) is 1. The monoisotopic (exact) mass is 482 g/mol. The molecule has 0 unspecified atom stereocenters. The summed E-state index contributed by atoms with van der Waals surface area (Å²) in [7, 11) is 1.60. The molecule has 0 radical (unpaired) electrons. The lowest BCUT2D eigenvalue weighted by molar-refractivity contribution is -0.146. The Kier molecular flexibility index (Phi) is 9.55. The van der Waals surface area contributed by atoms with Crippen molar-refractivity contribution < 1.29 is 24.5 Å². The first kappa shape index (κ1) is 26.5. The predicted molar refractivity (Wildman–Crippen MR) is 137 cm³/mol. The molecule has 1 aliphatic rings. The quantitative estimate of drug-likeness (QED) is 0.437. The van der Waals surface area contributed by atoms with Gasteiger partial charge in [-0.15, -0.1) is 0 Å². The minimum absolute atomic E-state index is 0.148. The topological polar surface area (TPSA) is 99.1 Å². The number of nitrogens with zero attached hydrogens (tertiary/aromatic N) is 1. The fourth-order valence-electron chi connectivity index (χ4n) is 4.69. The van der Waals surface area contributed by atoms with E-state index >= 15 is 0 Å². The first-order chi connectivity index (χ1) is 16.8. The number of methoxy groups -OCH3 is 1. The molecule has 190 valence electrons. The van der Waals surface area contributed by atoms with Crippen LogP contribution in [0.15, 0.2) is 48.5 Å². The van der Waals surface area contributed by atoms with Gasteiger partial charge < -0.3 is 25.2 Å². The van der Waals surface area contributed by atoms with Gasteiger partial charge in [0.1, 0.15) is 12.3 Å². The van der Waals surface area contributed by atoms with Crippen molar-refractivity contribution in [3.05, 3.63) is 59.7 Å². The lowest BCUT2D eigenvalue weighted by atomic mass is 9.98. The van der Waals surface area contributed by atoms with Gasteiger partial charge in [-0.05, 0) is 73.4 Å². The molecule has 1 fully saturated rings. The van der Waals surface area contributed by atoms with E-state index < -0.39 is 12.1 Å². The van der Waals surface area contributed by atoms with E-state index in [2.05, 4.69) is 31.3 Å². The van der Waals surface area contributed by atoms with E-state index in [0.29, 0.717) is 44.6 Å². The summed E-state index contributed by atoms with van der Waals surface area (Å²) in [4.78, 5) is 26.3. The Bertz CT molecular complexity index is 993. The lowest BCUT2D eigenvalue weighted by Gasteiger charge is -2.26. The second-order valence-corrected chi connectivity index (χ2v) is 9.71. The third kappa shape index (κ3) is 7.72. The molecule has 7 nitrogen and oxygen atoms in total. The minimum atomic E-state index is -1.03. The number of aliphatic carboxylic acids is 1. The van der Waals surface area contributed by atoms with Crippen molar-refractivity contribution in [1.29, 1.82) is 0 Å². The molecule has 0 heterocycles. The van der Waals surface area contributed by atoms with Gasteiger partial charge in [-0.1, -0.05) is 38.1 Å². The average Bonchev–Trinajstić information content (AvgIpc) is 3.03. The highest BCUT2D eigenvalue weighted by atomic mass is 16.5. The van der Waals surface area contributed by atoms with Crippen molar-refractivity contribution in [2.45, 2.75) is 64.0 Å². The standard InChI is InChI=1S/C28H38N2O5/c1-19(2)22-7-5-8-23(17-22)29-25-12-10-21(11-13-26(25)31)28(34)30(18-27(32)33)15-14-20-6-4-9-24(16-20)35-3/h4-9,16-17,19,21,25-26,29,31H,10-15,18H2,1-3H3,(H,32,33)/t21-,25+,26+/m1/s1. The van der Waals surface area contributed by atoms with Gasteiger partial charge in [-0.3, -0.25) is 9.59 Å². The fraction of sp³-hybridized carbons (Fsp3) is 0.500. The molecular weight excluding hydrogens is 444 g/mol. The Balaban J connectivity index is 1.64. The molecule has 7 heteroatoms. The van der Waals surface area contributed by atoms with Crippen LogP contribution >= 0.6 is 0 Å². The first-order valence-electron chi connectivity index (χ1n) is 12.4. The second-order valence-electron chi connectivity index (χ2n) is 9.71. The van der Waals surface area contributed by atoms with Gasteiger partial charge in [-0.25, -0.2) is 0 Å². The van der Waals surface area contributed by atoms with Crippen molar-refractivity contribution in [3.8, 4) is 5.75 Å². The van der Waals surface area contributed by atoms with Crippen molar-refractivity contribution in [1.82, 2.24) is 4.90 Å². The number of carboxylic acids is 1. The van der Waals surface area contributed by atoms with Gasteiger partial charge in [-0.2, -0.15) is 0 Å². The largest absolute Gasteiger partial charge is 0.497 e. The smallest absolute Gasteiger partial charge is 0.323 e. The number of rotatable bonds is 10. The second kappa shape index (κ2) is 12.6. The summed E-state index contributed by atoms with van der Waals surface area (Å²) in [6.45, 7) is 4.28. The number of hydrogen-bond donors (Lipinski definition) is 3. The number of ether oxygens (including phenoxy) is 1. The summed E-state index contributed by atoms with van der Waals surface area (Å²) < 4.78 is 5.26. The van der Waals surface area contributed by atoms with Crippen LogP contribution in [0.25, 0.3) is 0 Å². The molecule has 2 aromatic rings. The number of aliphatic hydroxyl groups excluding tert-OH is 1. The van der Waals surface area contributed by atoms with Gasteiger partial charge in [0.25, 0.3) is 0 Å². The molecule has 3 rings (SSSR count). The Labute approximate surface area is 208 Å². The summed E-state index contributed by atoms with van der Waals surface area (Å²) in [5.41, 5.74) is 3.18. The molecular formula is C28H38N2O5. The molecule has 35 heavy (non-hydrogen) atoms. The number of aliphatic hydroxyl groups is 1. The van der Waals surface area contributed by atoms with Crippen LogP contribution in [0.1, 0.15) is 56.6 Å². The lowest BCUT2D eigenvalue weighted by Crippen LogP contribution is -2.41. The minimum Gasteiger partial charge on any atom is -0.497 e. The Hall–Kier alpha value is -3.06. The maximum atomic E-state index is 13.4. The van der Waals surface area contributed by atoms with E-state index in [0.717, 1.165) is 17.0 Å². The van der Waals surface area contributed by atoms with Crippen LogP contribution in [0.5, 0.6) is 5.75 Å². The predicted octanol–water partition coefficient (Wildman–Crippen LogP) is 4.31. The Morgan fingerprint density at radius 2 is 1.83 bits per heavy atom. The molecule has 0 aromatic heterocycles. The van der Waals surface area contributed by atoms with Gasteiger partial charge in [0.05, 0.1) is 19.3 Å². The van der Waals surface area contributed by atoms with Crippen molar-refractivity contribution in [2.24, 2.45) is 5.92 Å². The van der Waals surface area contributed by atoms with Gasteiger partial charge >= 0.3 is 5.97 Å². The van der Waals surface area contributed by atoms with Gasteiger partial charge in [0.15, 0.2) is 0 Å². The van der Waals surface area contributed by atoms with E-state index in [-0.39, 0.29) is 24.4 Å². The van der Waals surface area contributed by atoms with E-state index in [1.807, 2.05) is 36.4 Å². The maximum Gasteiger partial charge on any atom is 0.323 e. The fourth-order valence-corrected chi connectivity index (χ4v) is 4.69. The van der Waals surface area contributed by atoms with Gasteiger partial charge in [0, 0.05) is 18.2 Å². The van der Waals surface area contributed by atoms with Crippen molar-refractivity contribution in [2.75, 3.05) is 25.5 Å². The molecule has 0 aliphatic heterocycles. The third-order valence-electron chi connectivity index (χ3n) is 6.80. The SMILES string of the molecule is COc1cccc(CCN(CC(=O)O)C(=O)[C@@H]2CC[C@H](Nc3cccc(C(C)C)c3)[C@@H](O)CC2)c1. The number of benzene rings is 2. The number of nitrogens with one attached hydrogen (secondary N) is 1. The molecule has 3 N–H and O–H groups in total. The Morgan fingerprint density at radius 1 is 1.09 bits per heavy atom. The summed E-state index contributed by atoms with van der Waals surface area (Å²) >= 11 is 0. The van der Waals surface area contributed by atoms with Crippen LogP contribution in [0.3, 0.4) is 0 Å². The molecule has 2 aromatic carbocycles. The average molecular weight is 483 g/mol. The van der Waals surface area contributed by atoms with E-state index in [1.54, 1.807) is 7.11 Å². The zero-order chi connectivity index (χ0) is 25.4. The van der Waals surface area contributed by atoms with Crippen LogP contribution < -0.4 is 10.1 Å². The summed E-state index contributed by atoms with van der Waals surface area (Å²) in [5, 5.41) is 23.7. The number of carbonyl (C=O) groups excluding carboxylic acids is 1. The number of amides is 1.